The van der Waals surface area contributed by atoms with E-state index in [1.165, 1.54) is 6.08 Å². The summed E-state index contributed by atoms with van der Waals surface area (Å²) in [5, 5.41) is 20.2. The van der Waals surface area contributed by atoms with Gasteiger partial charge in [-0.3, -0.25) is 10.1 Å². The third kappa shape index (κ3) is 2.73. The van der Waals surface area contributed by atoms with Crippen LogP contribution in [0.25, 0.3) is 6.08 Å². The fraction of sp³-hybridized carbons (Fsp3) is 0.143. The molecule has 1 atom stereocenters. The SMILES string of the molecule is O=[N+]([O-])C1(O)C=CC(C=Cc2ccccc2)=CC1. The van der Waals surface area contributed by atoms with Crippen LogP contribution in [-0.4, -0.2) is 15.8 Å². The van der Waals surface area contributed by atoms with Crippen LogP contribution in [0.4, 0.5) is 0 Å². The molecule has 0 spiro atoms. The molecule has 0 aromatic heterocycles. The van der Waals surface area contributed by atoms with Crippen molar-refractivity contribution in [3.63, 3.8) is 0 Å². The summed E-state index contributed by atoms with van der Waals surface area (Å²) in [6.07, 6.45) is 8.22. The first kappa shape index (κ1) is 12.3. The van der Waals surface area contributed by atoms with Crippen LogP contribution in [-0.2, 0) is 0 Å². The monoisotopic (exact) mass is 243 g/mol. The first-order valence-corrected chi connectivity index (χ1v) is 5.59. The Bertz CT molecular complexity index is 531. The molecule has 1 aliphatic carbocycles. The molecule has 0 bridgehead atoms. The quantitative estimate of drug-likeness (QED) is 0.504. The topological polar surface area (TPSA) is 63.4 Å². The van der Waals surface area contributed by atoms with Gasteiger partial charge in [0.25, 0.3) is 0 Å². The Morgan fingerprint density at radius 3 is 2.56 bits per heavy atom. The maximum atomic E-state index is 10.6. The summed E-state index contributed by atoms with van der Waals surface area (Å²) in [6.45, 7) is 0. The summed E-state index contributed by atoms with van der Waals surface area (Å²) in [4.78, 5) is 9.94. The zero-order chi connectivity index (χ0) is 13.0. The van der Waals surface area contributed by atoms with E-state index in [-0.39, 0.29) is 6.42 Å². The van der Waals surface area contributed by atoms with Gasteiger partial charge in [-0.2, -0.15) is 0 Å². The molecule has 1 aliphatic rings. The Morgan fingerprint density at radius 2 is 2.00 bits per heavy atom. The summed E-state index contributed by atoms with van der Waals surface area (Å²) in [5.41, 5.74) is -0.0448. The average Bonchev–Trinajstić information content (AvgIpc) is 2.39. The normalized spacial score (nSPS) is 23.1. The first-order valence-electron chi connectivity index (χ1n) is 5.59. The maximum absolute atomic E-state index is 10.6. The van der Waals surface area contributed by atoms with Crippen molar-refractivity contribution < 1.29 is 10.0 Å². The molecule has 2 rings (SSSR count). The molecule has 0 saturated heterocycles. The highest BCUT2D eigenvalue weighted by Gasteiger charge is 2.37. The number of benzene rings is 1. The molecule has 0 aliphatic heterocycles. The lowest BCUT2D eigenvalue weighted by Gasteiger charge is -2.16. The smallest absolute Gasteiger partial charge is 0.327 e. The first-order chi connectivity index (χ1) is 8.60. The third-order valence-electron chi connectivity index (χ3n) is 2.76. The summed E-state index contributed by atoms with van der Waals surface area (Å²) < 4.78 is 0. The molecule has 1 unspecified atom stereocenters. The fourth-order valence-corrected chi connectivity index (χ4v) is 1.65. The second kappa shape index (κ2) is 4.98. The Kier molecular flexibility index (Phi) is 3.39. The molecule has 0 amide bonds. The minimum Gasteiger partial charge on any atom is -0.327 e. The minimum absolute atomic E-state index is 0.00897. The van der Waals surface area contributed by atoms with Crippen molar-refractivity contribution >= 4 is 6.08 Å². The molecule has 1 aromatic rings. The van der Waals surface area contributed by atoms with Gasteiger partial charge >= 0.3 is 5.72 Å². The minimum atomic E-state index is -1.95. The van der Waals surface area contributed by atoms with Gasteiger partial charge in [0.1, 0.15) is 0 Å². The molecule has 0 radical (unpaired) electrons. The number of hydrogen-bond acceptors (Lipinski definition) is 3. The summed E-state index contributed by atoms with van der Waals surface area (Å²) >= 11 is 0. The Hall–Kier alpha value is -2.20. The number of rotatable bonds is 3. The van der Waals surface area contributed by atoms with Gasteiger partial charge in [0, 0.05) is 6.08 Å². The Morgan fingerprint density at radius 1 is 1.28 bits per heavy atom. The van der Waals surface area contributed by atoms with Crippen molar-refractivity contribution in [3.05, 3.63) is 75.9 Å². The van der Waals surface area contributed by atoms with Crippen LogP contribution in [0.2, 0.25) is 0 Å². The number of nitro groups is 1. The third-order valence-corrected chi connectivity index (χ3v) is 2.76. The van der Waals surface area contributed by atoms with Crippen LogP contribution in [0.3, 0.4) is 0 Å². The molecule has 0 heterocycles. The molecule has 1 N–H and O–H groups in total. The van der Waals surface area contributed by atoms with E-state index in [0.717, 1.165) is 11.1 Å². The largest absolute Gasteiger partial charge is 0.345 e. The Labute approximate surface area is 105 Å². The molecular formula is C14H13NO3. The van der Waals surface area contributed by atoms with E-state index in [0.29, 0.717) is 0 Å². The van der Waals surface area contributed by atoms with Gasteiger partial charge in [-0.15, -0.1) is 0 Å². The van der Waals surface area contributed by atoms with Gasteiger partial charge in [0.05, 0.1) is 11.3 Å². The van der Waals surface area contributed by atoms with Gasteiger partial charge in [-0.1, -0.05) is 48.6 Å². The highest BCUT2D eigenvalue weighted by molar-refractivity contribution is 5.55. The predicted molar refractivity (Wildman–Crippen MR) is 69.3 cm³/mol. The zero-order valence-corrected chi connectivity index (χ0v) is 9.69. The number of aliphatic hydroxyl groups is 1. The van der Waals surface area contributed by atoms with Gasteiger partial charge in [0.15, 0.2) is 0 Å². The van der Waals surface area contributed by atoms with Crippen LogP contribution in [0.1, 0.15) is 12.0 Å². The van der Waals surface area contributed by atoms with Crippen molar-refractivity contribution in [2.24, 2.45) is 0 Å². The molecule has 0 fully saturated rings. The lowest BCUT2D eigenvalue weighted by Crippen LogP contribution is -2.36. The van der Waals surface area contributed by atoms with Gasteiger partial charge in [-0.05, 0) is 17.2 Å². The van der Waals surface area contributed by atoms with Crippen LogP contribution in [0.15, 0.2) is 60.2 Å². The van der Waals surface area contributed by atoms with E-state index in [1.54, 1.807) is 12.2 Å². The van der Waals surface area contributed by atoms with E-state index in [2.05, 4.69) is 0 Å². The second-order valence-corrected chi connectivity index (χ2v) is 4.12. The number of nitrogens with zero attached hydrogens (tertiary/aromatic N) is 1. The average molecular weight is 243 g/mol. The van der Waals surface area contributed by atoms with E-state index >= 15 is 0 Å². The zero-order valence-electron chi connectivity index (χ0n) is 9.69. The molecular weight excluding hydrogens is 230 g/mol. The lowest BCUT2D eigenvalue weighted by molar-refractivity contribution is -0.607. The molecule has 4 nitrogen and oxygen atoms in total. The van der Waals surface area contributed by atoms with Crippen LogP contribution < -0.4 is 0 Å². The number of allylic oxidation sites excluding steroid dienone is 3. The molecule has 0 saturated carbocycles. The summed E-state index contributed by atoms with van der Waals surface area (Å²) in [5.74, 6) is 0. The number of hydrogen-bond donors (Lipinski definition) is 1. The maximum Gasteiger partial charge on any atom is 0.345 e. The van der Waals surface area contributed by atoms with Crippen molar-refractivity contribution in [2.45, 2.75) is 12.1 Å². The van der Waals surface area contributed by atoms with Crippen LogP contribution in [0, 0.1) is 10.1 Å². The molecule has 1 aromatic carbocycles. The van der Waals surface area contributed by atoms with Crippen LogP contribution in [0.5, 0.6) is 0 Å². The van der Waals surface area contributed by atoms with Gasteiger partial charge in [0.2, 0.25) is 0 Å². The van der Waals surface area contributed by atoms with Gasteiger partial charge in [-0.25, -0.2) is 0 Å². The summed E-state index contributed by atoms with van der Waals surface area (Å²) in [6, 6.07) is 9.76. The molecule has 92 valence electrons. The predicted octanol–water partition coefficient (Wildman–Crippen LogP) is 2.55. The van der Waals surface area contributed by atoms with E-state index in [9.17, 15) is 15.2 Å². The van der Waals surface area contributed by atoms with Crippen molar-refractivity contribution in [3.8, 4) is 0 Å². The molecule has 4 heteroatoms. The standard InChI is InChI=1S/C14H13NO3/c16-14(15(17)18)10-8-13(9-11-14)7-6-12-4-2-1-3-5-12/h1-10,16H,11H2. The highest BCUT2D eigenvalue weighted by Crippen LogP contribution is 2.22. The van der Waals surface area contributed by atoms with Crippen molar-refractivity contribution in [2.75, 3.05) is 0 Å². The van der Waals surface area contributed by atoms with E-state index in [1.807, 2.05) is 42.5 Å². The second-order valence-electron chi connectivity index (χ2n) is 4.12. The van der Waals surface area contributed by atoms with E-state index < -0.39 is 10.6 Å². The van der Waals surface area contributed by atoms with E-state index in [4.69, 9.17) is 0 Å². The molecule has 18 heavy (non-hydrogen) atoms. The lowest BCUT2D eigenvalue weighted by atomic mass is 9.99. The highest BCUT2D eigenvalue weighted by atomic mass is 16.7. The van der Waals surface area contributed by atoms with Crippen molar-refractivity contribution in [1.29, 1.82) is 0 Å². The van der Waals surface area contributed by atoms with Crippen molar-refractivity contribution in [1.82, 2.24) is 0 Å². The summed E-state index contributed by atoms with van der Waals surface area (Å²) in [7, 11) is 0. The van der Waals surface area contributed by atoms with Gasteiger partial charge < -0.3 is 5.11 Å². The Balaban J connectivity index is 2.07. The van der Waals surface area contributed by atoms with Crippen LogP contribution >= 0.6 is 0 Å². The fourth-order valence-electron chi connectivity index (χ4n) is 1.65.